The van der Waals surface area contributed by atoms with Gasteiger partial charge in [-0.05, 0) is 45.6 Å². The highest BCUT2D eigenvalue weighted by molar-refractivity contribution is 8.00. The normalized spacial score (nSPS) is 17.9. The Hall–Kier alpha value is -1.38. The summed E-state index contributed by atoms with van der Waals surface area (Å²) in [4.78, 5) is 32.3. The van der Waals surface area contributed by atoms with Gasteiger partial charge < -0.3 is 10.1 Å². The maximum absolute atomic E-state index is 13.1. The third kappa shape index (κ3) is 4.60. The first-order valence-electron chi connectivity index (χ1n) is 9.98. The number of carbonyl (C=O) groups is 1. The maximum Gasteiger partial charge on any atom is 0.263 e. The fourth-order valence-electron chi connectivity index (χ4n) is 3.29. The van der Waals surface area contributed by atoms with Gasteiger partial charge in [-0.1, -0.05) is 25.1 Å². The Bertz CT molecular complexity index is 900. The molecule has 3 heterocycles. The highest BCUT2D eigenvalue weighted by Gasteiger charge is 2.23. The van der Waals surface area contributed by atoms with E-state index in [-0.39, 0.29) is 22.8 Å². The lowest BCUT2D eigenvalue weighted by Gasteiger charge is -2.17. The molecule has 8 heteroatoms. The number of aryl methyl sites for hydroxylation is 2. The fourth-order valence-corrected chi connectivity index (χ4v) is 5.32. The van der Waals surface area contributed by atoms with E-state index in [2.05, 4.69) is 12.2 Å². The lowest BCUT2D eigenvalue weighted by atomic mass is 10.2. The standard InChI is InChI=1S/C20H29N3O3S2/c1-5-6-9-23-19(25)16-12(2)13(3)27-18(16)22-20(23)28-14(4)17(24)21-11-15-8-7-10-26-15/h14-15H,5-11H2,1-4H3,(H,21,24). The molecule has 2 aromatic rings. The van der Waals surface area contributed by atoms with Gasteiger partial charge in [0.2, 0.25) is 5.91 Å². The van der Waals surface area contributed by atoms with Crippen LogP contribution in [0.25, 0.3) is 10.2 Å². The molecule has 3 rings (SSSR count). The van der Waals surface area contributed by atoms with Gasteiger partial charge in [0.15, 0.2) is 5.16 Å². The summed E-state index contributed by atoms with van der Waals surface area (Å²) in [6, 6.07) is 0. The third-order valence-electron chi connectivity index (χ3n) is 5.17. The van der Waals surface area contributed by atoms with Crippen LogP contribution in [0.1, 0.15) is 50.0 Å². The number of aromatic nitrogens is 2. The molecule has 6 nitrogen and oxygen atoms in total. The van der Waals surface area contributed by atoms with Crippen LogP contribution >= 0.6 is 23.1 Å². The summed E-state index contributed by atoms with van der Waals surface area (Å²) in [5, 5.41) is 3.99. The second kappa shape index (κ2) is 9.41. The Labute approximate surface area is 174 Å². The predicted octanol–water partition coefficient (Wildman–Crippen LogP) is 3.65. The van der Waals surface area contributed by atoms with E-state index >= 15 is 0 Å². The van der Waals surface area contributed by atoms with Gasteiger partial charge in [0, 0.05) is 24.6 Å². The van der Waals surface area contributed by atoms with Gasteiger partial charge in [-0.25, -0.2) is 4.98 Å². The first-order chi connectivity index (χ1) is 13.4. The number of amides is 1. The van der Waals surface area contributed by atoms with E-state index in [0.717, 1.165) is 52.9 Å². The van der Waals surface area contributed by atoms with Crippen LogP contribution in [0.4, 0.5) is 0 Å². The topological polar surface area (TPSA) is 73.2 Å². The van der Waals surface area contributed by atoms with Crippen LogP contribution in [0.5, 0.6) is 0 Å². The molecular weight excluding hydrogens is 394 g/mol. The average molecular weight is 424 g/mol. The van der Waals surface area contributed by atoms with Gasteiger partial charge in [-0.15, -0.1) is 11.3 Å². The van der Waals surface area contributed by atoms with E-state index in [1.807, 2.05) is 20.8 Å². The number of thioether (sulfide) groups is 1. The SMILES string of the molecule is CCCCn1c(SC(C)C(=O)NCC2CCCO2)nc2sc(C)c(C)c2c1=O. The van der Waals surface area contributed by atoms with Crippen LogP contribution in [-0.2, 0) is 16.1 Å². The first-order valence-corrected chi connectivity index (χ1v) is 11.7. The molecule has 0 spiro atoms. The van der Waals surface area contributed by atoms with Crippen molar-refractivity contribution in [3.05, 3.63) is 20.8 Å². The van der Waals surface area contributed by atoms with E-state index in [4.69, 9.17) is 9.72 Å². The van der Waals surface area contributed by atoms with Gasteiger partial charge in [0.25, 0.3) is 5.56 Å². The van der Waals surface area contributed by atoms with Crippen molar-refractivity contribution in [1.29, 1.82) is 0 Å². The number of nitrogens with one attached hydrogen (secondary N) is 1. The predicted molar refractivity (Wildman–Crippen MR) is 116 cm³/mol. The zero-order valence-electron chi connectivity index (χ0n) is 17.0. The number of ether oxygens (including phenoxy) is 1. The van der Waals surface area contributed by atoms with Crippen molar-refractivity contribution < 1.29 is 9.53 Å². The Morgan fingerprint density at radius 3 is 2.93 bits per heavy atom. The van der Waals surface area contributed by atoms with E-state index in [1.54, 1.807) is 15.9 Å². The molecule has 0 bridgehead atoms. The average Bonchev–Trinajstić information content (AvgIpc) is 3.28. The van der Waals surface area contributed by atoms with Crippen molar-refractivity contribution in [1.82, 2.24) is 14.9 Å². The molecule has 154 valence electrons. The molecule has 0 radical (unpaired) electrons. The molecular formula is C20H29N3O3S2. The molecule has 2 aromatic heterocycles. The van der Waals surface area contributed by atoms with Crippen molar-refractivity contribution in [3.63, 3.8) is 0 Å². The molecule has 1 amide bonds. The minimum Gasteiger partial charge on any atom is -0.376 e. The lowest BCUT2D eigenvalue weighted by molar-refractivity contribution is -0.120. The number of nitrogens with zero attached hydrogens (tertiary/aromatic N) is 2. The van der Waals surface area contributed by atoms with Crippen LogP contribution < -0.4 is 10.9 Å². The minimum absolute atomic E-state index is 0.00904. The zero-order chi connectivity index (χ0) is 20.3. The summed E-state index contributed by atoms with van der Waals surface area (Å²) >= 11 is 2.91. The summed E-state index contributed by atoms with van der Waals surface area (Å²) in [5.41, 5.74) is 1.02. The maximum atomic E-state index is 13.1. The van der Waals surface area contributed by atoms with E-state index < -0.39 is 0 Å². The van der Waals surface area contributed by atoms with Crippen LogP contribution in [0.2, 0.25) is 0 Å². The largest absolute Gasteiger partial charge is 0.376 e. The second-order valence-electron chi connectivity index (χ2n) is 7.31. The molecule has 1 saturated heterocycles. The van der Waals surface area contributed by atoms with Crippen molar-refractivity contribution in [2.75, 3.05) is 13.2 Å². The summed E-state index contributed by atoms with van der Waals surface area (Å²) < 4.78 is 7.31. The highest BCUT2D eigenvalue weighted by atomic mass is 32.2. The number of carbonyl (C=O) groups excluding carboxylic acids is 1. The molecule has 1 fully saturated rings. The van der Waals surface area contributed by atoms with Gasteiger partial charge in [-0.2, -0.15) is 0 Å². The molecule has 28 heavy (non-hydrogen) atoms. The van der Waals surface area contributed by atoms with Crippen molar-refractivity contribution in [3.8, 4) is 0 Å². The van der Waals surface area contributed by atoms with E-state index in [1.165, 1.54) is 11.8 Å². The molecule has 0 aromatic carbocycles. The van der Waals surface area contributed by atoms with Crippen LogP contribution in [-0.4, -0.2) is 40.0 Å². The molecule has 1 aliphatic rings. The van der Waals surface area contributed by atoms with Gasteiger partial charge in [0.1, 0.15) is 4.83 Å². The number of unbranched alkanes of at least 4 members (excludes halogenated alkanes) is 1. The van der Waals surface area contributed by atoms with Crippen molar-refractivity contribution in [2.24, 2.45) is 0 Å². The Kier molecular flexibility index (Phi) is 7.17. The summed E-state index contributed by atoms with van der Waals surface area (Å²) in [6.07, 6.45) is 4.07. The van der Waals surface area contributed by atoms with Crippen LogP contribution in [0, 0.1) is 13.8 Å². The Morgan fingerprint density at radius 1 is 1.46 bits per heavy atom. The molecule has 0 saturated carbocycles. The second-order valence-corrected chi connectivity index (χ2v) is 9.82. The van der Waals surface area contributed by atoms with Crippen molar-refractivity contribution >= 4 is 39.2 Å². The quantitative estimate of drug-likeness (QED) is 0.518. The van der Waals surface area contributed by atoms with Crippen LogP contribution in [0.15, 0.2) is 9.95 Å². The van der Waals surface area contributed by atoms with E-state index in [0.29, 0.717) is 18.2 Å². The fraction of sp³-hybridized carbons (Fsp3) is 0.650. The number of fused-ring (bicyclic) bond motifs is 1. The molecule has 0 aliphatic carbocycles. The summed E-state index contributed by atoms with van der Waals surface area (Å²) in [6.45, 7) is 9.91. The van der Waals surface area contributed by atoms with Crippen molar-refractivity contribution in [2.45, 2.75) is 76.4 Å². The number of hydrogen-bond donors (Lipinski definition) is 1. The van der Waals surface area contributed by atoms with Crippen LogP contribution in [0.3, 0.4) is 0 Å². The lowest BCUT2D eigenvalue weighted by Crippen LogP contribution is -2.37. The molecule has 2 unspecified atom stereocenters. The summed E-state index contributed by atoms with van der Waals surface area (Å²) in [7, 11) is 0. The Morgan fingerprint density at radius 2 is 2.25 bits per heavy atom. The molecule has 1 N–H and O–H groups in total. The first kappa shape index (κ1) is 21.3. The third-order valence-corrected chi connectivity index (χ3v) is 7.36. The van der Waals surface area contributed by atoms with E-state index in [9.17, 15) is 9.59 Å². The minimum atomic E-state index is -0.333. The summed E-state index contributed by atoms with van der Waals surface area (Å²) in [5.74, 6) is -0.0459. The van der Waals surface area contributed by atoms with Gasteiger partial charge in [0.05, 0.1) is 16.7 Å². The Balaban J connectivity index is 1.81. The number of thiophene rings is 1. The highest BCUT2D eigenvalue weighted by Crippen LogP contribution is 2.30. The number of hydrogen-bond acceptors (Lipinski definition) is 6. The zero-order valence-corrected chi connectivity index (χ0v) is 18.7. The monoisotopic (exact) mass is 423 g/mol. The number of rotatable bonds is 8. The van der Waals surface area contributed by atoms with Gasteiger partial charge >= 0.3 is 0 Å². The molecule has 1 aliphatic heterocycles. The van der Waals surface area contributed by atoms with Gasteiger partial charge in [-0.3, -0.25) is 14.2 Å². The molecule has 2 atom stereocenters. The smallest absolute Gasteiger partial charge is 0.263 e.